The van der Waals surface area contributed by atoms with Gasteiger partial charge in [-0.2, -0.15) is 0 Å². The molecule has 1 unspecified atom stereocenters. The molecule has 140 valence electrons. The number of amides is 2. The maximum atomic E-state index is 11.9. The minimum absolute atomic E-state index is 0.231. The molecule has 2 amide bonds. The van der Waals surface area contributed by atoms with Crippen LogP contribution in [0.5, 0.6) is 0 Å². The molecule has 0 radical (unpaired) electrons. The predicted molar refractivity (Wildman–Crippen MR) is 108 cm³/mol. The molecule has 0 saturated carbocycles. The summed E-state index contributed by atoms with van der Waals surface area (Å²) < 4.78 is 0. The van der Waals surface area contributed by atoms with Gasteiger partial charge in [-0.05, 0) is 41.3 Å². The number of carbonyl (C=O) groups is 2. The molecule has 0 fully saturated rings. The van der Waals surface area contributed by atoms with E-state index in [0.29, 0.717) is 5.02 Å². The zero-order chi connectivity index (χ0) is 19.2. The smallest absolute Gasteiger partial charge is 0.309 e. The Hall–Kier alpha value is -2.19. The van der Waals surface area contributed by atoms with Gasteiger partial charge in [-0.3, -0.25) is 9.59 Å². The predicted octanol–water partition coefficient (Wildman–Crippen LogP) is 3.48. The van der Waals surface area contributed by atoms with Crippen molar-refractivity contribution in [1.82, 2.24) is 10.6 Å². The van der Waals surface area contributed by atoms with Crippen molar-refractivity contribution in [2.45, 2.75) is 19.2 Å². The van der Waals surface area contributed by atoms with E-state index in [1.54, 1.807) is 24.3 Å². The van der Waals surface area contributed by atoms with Crippen molar-refractivity contribution in [2.75, 3.05) is 0 Å². The maximum absolute atomic E-state index is 11.9. The van der Waals surface area contributed by atoms with Crippen LogP contribution in [-0.4, -0.2) is 16.9 Å². The summed E-state index contributed by atoms with van der Waals surface area (Å²) in [6.07, 6.45) is -0.665. The van der Waals surface area contributed by atoms with Gasteiger partial charge in [0, 0.05) is 26.2 Å². The highest BCUT2D eigenvalue weighted by atomic mass is 35.5. The molecule has 8 heteroatoms. The van der Waals surface area contributed by atoms with Gasteiger partial charge in [-0.25, -0.2) is 0 Å². The zero-order valence-corrected chi connectivity index (χ0v) is 16.5. The second kappa shape index (κ2) is 9.14. The number of aliphatic hydroxyl groups excluding tert-OH is 1. The maximum Gasteiger partial charge on any atom is 0.309 e. The van der Waals surface area contributed by atoms with Crippen LogP contribution in [0.4, 0.5) is 0 Å². The number of aliphatic hydroxyl groups is 1. The average Bonchev–Trinajstić information content (AvgIpc) is 3.37. The topological polar surface area (TPSA) is 78.4 Å². The monoisotopic (exact) mass is 420 g/mol. The third kappa shape index (κ3) is 5.40. The fraction of sp³-hybridized carbons (Fsp3) is 0.158. The molecule has 0 aliphatic rings. The summed E-state index contributed by atoms with van der Waals surface area (Å²) >= 11 is 8.70. The molecule has 0 bridgehead atoms. The van der Waals surface area contributed by atoms with Crippen LogP contribution in [0.2, 0.25) is 5.02 Å². The van der Waals surface area contributed by atoms with Gasteiger partial charge in [-0.1, -0.05) is 29.8 Å². The molecule has 0 aliphatic heterocycles. The minimum atomic E-state index is -0.697. The summed E-state index contributed by atoms with van der Waals surface area (Å²) in [6.45, 7) is 0.481. The van der Waals surface area contributed by atoms with Crippen molar-refractivity contribution in [2.24, 2.45) is 0 Å². The summed E-state index contributed by atoms with van der Waals surface area (Å²) in [6, 6.07) is 14.4. The Morgan fingerprint density at radius 3 is 2.33 bits per heavy atom. The summed E-state index contributed by atoms with van der Waals surface area (Å²) in [7, 11) is 0. The standard InChI is InChI=1S/C19H17ClN2O3S2/c20-13-5-3-12(4-6-13)10-21-18(24)19(25)22-11-14-7-8-16(27-14)17(23)15-2-1-9-26-15/h1-9,17,23H,10-11H2,(H,21,24)(H,22,25). The SMILES string of the molecule is O=C(NCc1ccc(Cl)cc1)C(=O)NCc1ccc(C(O)c2cccs2)s1. The van der Waals surface area contributed by atoms with Gasteiger partial charge >= 0.3 is 11.8 Å². The summed E-state index contributed by atoms with van der Waals surface area (Å²) in [5.74, 6) is -1.39. The van der Waals surface area contributed by atoms with E-state index >= 15 is 0 Å². The highest BCUT2D eigenvalue weighted by molar-refractivity contribution is 7.12. The number of hydrogen-bond donors (Lipinski definition) is 3. The Balaban J connectivity index is 1.47. The quantitative estimate of drug-likeness (QED) is 0.534. The minimum Gasteiger partial charge on any atom is -0.382 e. The summed E-state index contributed by atoms with van der Waals surface area (Å²) in [5, 5.41) is 18.0. The number of hydrogen-bond acceptors (Lipinski definition) is 5. The van der Waals surface area contributed by atoms with Crippen molar-refractivity contribution >= 4 is 46.1 Å². The molecule has 27 heavy (non-hydrogen) atoms. The van der Waals surface area contributed by atoms with E-state index in [-0.39, 0.29) is 13.1 Å². The average molecular weight is 421 g/mol. The van der Waals surface area contributed by atoms with Crippen LogP contribution in [0.1, 0.15) is 26.3 Å². The third-order valence-corrected chi connectivity index (χ3v) is 6.07. The number of thiophene rings is 2. The van der Waals surface area contributed by atoms with Crippen LogP contribution >= 0.6 is 34.3 Å². The molecule has 0 aliphatic carbocycles. The van der Waals surface area contributed by atoms with Gasteiger partial charge in [0.1, 0.15) is 6.10 Å². The van der Waals surface area contributed by atoms with Gasteiger partial charge in [0.2, 0.25) is 0 Å². The first kappa shape index (κ1) is 19.6. The molecule has 1 aromatic carbocycles. The van der Waals surface area contributed by atoms with Gasteiger partial charge in [0.15, 0.2) is 0 Å². The second-order valence-electron chi connectivity index (χ2n) is 5.71. The number of rotatable bonds is 6. The summed E-state index contributed by atoms with van der Waals surface area (Å²) in [5.41, 5.74) is 0.853. The highest BCUT2D eigenvalue weighted by Gasteiger charge is 2.16. The van der Waals surface area contributed by atoms with E-state index in [4.69, 9.17) is 11.6 Å². The molecule has 2 aromatic heterocycles. The molecule has 3 aromatic rings. The van der Waals surface area contributed by atoms with E-state index in [9.17, 15) is 14.7 Å². The van der Waals surface area contributed by atoms with Crippen LogP contribution in [0.3, 0.4) is 0 Å². The van der Waals surface area contributed by atoms with Crippen LogP contribution in [0.25, 0.3) is 0 Å². The van der Waals surface area contributed by atoms with E-state index in [1.807, 2.05) is 29.6 Å². The lowest BCUT2D eigenvalue weighted by molar-refractivity contribution is -0.139. The van der Waals surface area contributed by atoms with E-state index in [0.717, 1.165) is 20.2 Å². The van der Waals surface area contributed by atoms with Crippen molar-refractivity contribution in [3.8, 4) is 0 Å². The highest BCUT2D eigenvalue weighted by Crippen LogP contribution is 2.30. The van der Waals surface area contributed by atoms with Crippen LogP contribution < -0.4 is 10.6 Å². The molecule has 3 rings (SSSR count). The second-order valence-corrected chi connectivity index (χ2v) is 8.33. The van der Waals surface area contributed by atoms with Crippen molar-refractivity contribution < 1.29 is 14.7 Å². The van der Waals surface area contributed by atoms with Crippen molar-refractivity contribution in [1.29, 1.82) is 0 Å². The summed E-state index contributed by atoms with van der Waals surface area (Å²) in [4.78, 5) is 26.4. The first-order chi connectivity index (χ1) is 13.0. The van der Waals surface area contributed by atoms with Crippen LogP contribution in [-0.2, 0) is 22.7 Å². The van der Waals surface area contributed by atoms with Gasteiger partial charge in [0.05, 0.1) is 6.54 Å². The molecular weight excluding hydrogens is 404 g/mol. The Kier molecular flexibility index (Phi) is 6.63. The van der Waals surface area contributed by atoms with E-state index in [2.05, 4.69) is 10.6 Å². The largest absolute Gasteiger partial charge is 0.382 e. The van der Waals surface area contributed by atoms with Gasteiger partial charge in [-0.15, -0.1) is 22.7 Å². The lowest BCUT2D eigenvalue weighted by atomic mass is 10.2. The Labute approximate surface area is 169 Å². The van der Waals surface area contributed by atoms with Crippen LogP contribution in [0, 0.1) is 0 Å². The molecule has 1 atom stereocenters. The fourth-order valence-electron chi connectivity index (χ4n) is 2.34. The number of halogens is 1. The lowest BCUT2D eigenvalue weighted by Gasteiger charge is -2.06. The van der Waals surface area contributed by atoms with Crippen molar-refractivity contribution in [3.63, 3.8) is 0 Å². The fourth-order valence-corrected chi connectivity index (χ4v) is 4.22. The molecule has 0 saturated heterocycles. The number of benzene rings is 1. The molecule has 0 spiro atoms. The molecular formula is C19H17ClN2O3S2. The molecule has 5 nitrogen and oxygen atoms in total. The lowest BCUT2D eigenvalue weighted by Crippen LogP contribution is -2.39. The molecule has 2 heterocycles. The Morgan fingerprint density at radius 1 is 0.963 bits per heavy atom. The normalized spacial score (nSPS) is 11.8. The molecule has 3 N–H and O–H groups in total. The third-order valence-electron chi connectivity index (χ3n) is 3.76. The zero-order valence-electron chi connectivity index (χ0n) is 14.1. The van der Waals surface area contributed by atoms with Gasteiger partial charge < -0.3 is 15.7 Å². The Bertz CT molecular complexity index is 907. The number of nitrogens with one attached hydrogen (secondary N) is 2. The van der Waals surface area contributed by atoms with Crippen molar-refractivity contribution in [3.05, 3.63) is 79.1 Å². The van der Waals surface area contributed by atoms with E-state index < -0.39 is 17.9 Å². The van der Waals surface area contributed by atoms with Crippen LogP contribution in [0.15, 0.2) is 53.9 Å². The number of carbonyl (C=O) groups excluding carboxylic acids is 2. The first-order valence-electron chi connectivity index (χ1n) is 8.13. The van der Waals surface area contributed by atoms with Gasteiger partial charge in [0.25, 0.3) is 0 Å². The van der Waals surface area contributed by atoms with E-state index in [1.165, 1.54) is 22.7 Å². The Morgan fingerprint density at radius 2 is 1.67 bits per heavy atom. The first-order valence-corrected chi connectivity index (χ1v) is 10.2.